The molecule has 0 aliphatic rings. The molecule has 0 saturated heterocycles. The lowest BCUT2D eigenvalue weighted by Crippen LogP contribution is -2.11. The van der Waals surface area contributed by atoms with E-state index in [1.165, 1.54) is 44.7 Å². The van der Waals surface area contributed by atoms with Gasteiger partial charge in [-0.05, 0) is 30.3 Å². The lowest BCUT2D eigenvalue weighted by molar-refractivity contribution is 0.677. The monoisotopic (exact) mass is 230 g/mol. The second-order valence-corrected chi connectivity index (χ2v) is 8.24. The Morgan fingerprint density at radius 2 is 1.20 bits per heavy atom. The molecule has 0 nitrogen and oxygen atoms in total. The first-order valence-corrected chi connectivity index (χ1v) is 8.59. The summed E-state index contributed by atoms with van der Waals surface area (Å²) in [5.41, 5.74) is 1.99. The van der Waals surface area contributed by atoms with E-state index in [2.05, 4.69) is 34.6 Å². The molecule has 0 bridgehead atoms. The molecule has 0 saturated carbocycles. The van der Waals surface area contributed by atoms with Crippen LogP contribution in [0.2, 0.25) is 0 Å². The number of unbranched alkanes of at least 4 members (excludes halogenated alkanes) is 2. The summed E-state index contributed by atoms with van der Waals surface area (Å²) in [4.78, 5) is 0. The Kier molecular flexibility index (Phi) is 9.92. The largest absolute Gasteiger partial charge is 0.101 e. The normalized spacial score (nSPS) is 17.4. The van der Waals surface area contributed by atoms with Crippen LogP contribution in [0.4, 0.5) is 0 Å². The molecule has 92 valence electrons. The van der Waals surface area contributed by atoms with Crippen LogP contribution in [0.3, 0.4) is 0 Å². The molecule has 2 atom stereocenters. The van der Waals surface area contributed by atoms with Gasteiger partial charge in [0.1, 0.15) is 0 Å². The van der Waals surface area contributed by atoms with Crippen molar-refractivity contribution in [1.29, 1.82) is 0 Å². The fourth-order valence-corrected chi connectivity index (χ4v) is 5.53. The van der Waals surface area contributed by atoms with Gasteiger partial charge in [0.05, 0.1) is 0 Å². The topological polar surface area (TPSA) is 0 Å². The van der Waals surface area contributed by atoms with E-state index >= 15 is 0 Å². The summed E-state index contributed by atoms with van der Waals surface area (Å²) in [6.07, 6.45) is 9.95. The van der Waals surface area contributed by atoms with Gasteiger partial charge in [-0.15, -0.1) is 7.92 Å². The van der Waals surface area contributed by atoms with Crippen LogP contribution in [0.15, 0.2) is 0 Å². The van der Waals surface area contributed by atoms with Crippen molar-refractivity contribution in [3.8, 4) is 0 Å². The van der Waals surface area contributed by atoms with Gasteiger partial charge in [-0.25, -0.2) is 0 Å². The van der Waals surface area contributed by atoms with Gasteiger partial charge in [0.25, 0.3) is 0 Å². The third-order valence-corrected chi connectivity index (χ3v) is 6.96. The Hall–Kier alpha value is 0.430. The molecule has 0 aromatic carbocycles. The number of rotatable bonds is 9. The van der Waals surface area contributed by atoms with Gasteiger partial charge in [0, 0.05) is 0 Å². The van der Waals surface area contributed by atoms with E-state index < -0.39 is 0 Å². The first-order valence-electron chi connectivity index (χ1n) is 6.93. The maximum absolute atomic E-state index is 2.49. The van der Waals surface area contributed by atoms with Crippen molar-refractivity contribution in [3.05, 3.63) is 0 Å². The highest BCUT2D eigenvalue weighted by Gasteiger charge is 2.20. The molecule has 0 rings (SSSR count). The quantitative estimate of drug-likeness (QED) is 0.449. The Labute approximate surface area is 99.0 Å². The molecule has 0 aromatic rings. The van der Waals surface area contributed by atoms with Crippen LogP contribution in [0, 0.1) is 0 Å². The Morgan fingerprint density at radius 1 is 0.800 bits per heavy atom. The lowest BCUT2D eigenvalue weighted by Gasteiger charge is -2.29. The molecular weight excluding hydrogens is 199 g/mol. The zero-order valence-corrected chi connectivity index (χ0v) is 12.4. The van der Waals surface area contributed by atoms with Gasteiger partial charge in [-0.3, -0.25) is 0 Å². The summed E-state index contributed by atoms with van der Waals surface area (Å²) in [6, 6.07) is 0. The van der Waals surface area contributed by atoms with Crippen LogP contribution in [0.5, 0.6) is 0 Å². The average molecular weight is 230 g/mol. The molecule has 0 spiro atoms. The Balaban J connectivity index is 3.96. The van der Waals surface area contributed by atoms with E-state index in [4.69, 9.17) is 0 Å². The highest BCUT2D eigenvalue weighted by atomic mass is 31.1. The van der Waals surface area contributed by atoms with E-state index in [9.17, 15) is 0 Å². The molecular formula is C14H31P. The van der Waals surface area contributed by atoms with Crippen molar-refractivity contribution in [1.82, 2.24) is 0 Å². The third-order valence-electron chi connectivity index (χ3n) is 3.45. The van der Waals surface area contributed by atoms with E-state index in [-0.39, 0.29) is 0 Å². The molecule has 1 heteroatoms. The van der Waals surface area contributed by atoms with Crippen LogP contribution >= 0.6 is 7.92 Å². The summed E-state index contributed by atoms with van der Waals surface area (Å²) in [7, 11) is 0.296. The third kappa shape index (κ3) is 6.56. The average Bonchev–Trinajstić information content (AvgIpc) is 2.24. The van der Waals surface area contributed by atoms with E-state index in [0.29, 0.717) is 7.92 Å². The van der Waals surface area contributed by atoms with Crippen LogP contribution in [-0.4, -0.2) is 17.5 Å². The van der Waals surface area contributed by atoms with Gasteiger partial charge < -0.3 is 0 Å². The summed E-state index contributed by atoms with van der Waals surface area (Å²) >= 11 is 0. The highest BCUT2D eigenvalue weighted by molar-refractivity contribution is 7.59. The maximum atomic E-state index is 2.49. The molecule has 0 aliphatic heterocycles. The van der Waals surface area contributed by atoms with E-state index in [0.717, 1.165) is 11.3 Å². The molecule has 0 amide bonds. The fourth-order valence-electron chi connectivity index (χ4n) is 2.39. The van der Waals surface area contributed by atoms with Gasteiger partial charge in [0.15, 0.2) is 0 Å². The first-order chi connectivity index (χ1) is 7.17. The zero-order valence-electron chi connectivity index (χ0n) is 11.6. The minimum atomic E-state index is 0.296. The molecule has 0 fully saturated rings. The van der Waals surface area contributed by atoms with Gasteiger partial charge >= 0.3 is 0 Å². The standard InChI is InChI=1S/C14H31P/c1-6-9-11-13(4)15(8-3)14(5)12-10-7-2/h13-14H,6-12H2,1-5H3. The van der Waals surface area contributed by atoms with Gasteiger partial charge in [-0.1, -0.05) is 60.3 Å². The number of hydrogen-bond donors (Lipinski definition) is 0. The Bertz CT molecular complexity index is 119. The Morgan fingerprint density at radius 3 is 1.47 bits per heavy atom. The van der Waals surface area contributed by atoms with Crippen molar-refractivity contribution in [2.75, 3.05) is 6.16 Å². The summed E-state index contributed by atoms with van der Waals surface area (Å²) in [5.74, 6) is 0. The first kappa shape index (κ1) is 15.4. The molecule has 0 radical (unpaired) electrons. The highest BCUT2D eigenvalue weighted by Crippen LogP contribution is 2.49. The lowest BCUT2D eigenvalue weighted by atomic mass is 10.2. The van der Waals surface area contributed by atoms with Crippen molar-refractivity contribution < 1.29 is 0 Å². The van der Waals surface area contributed by atoms with Crippen molar-refractivity contribution >= 4 is 7.92 Å². The minimum Gasteiger partial charge on any atom is -0.101 e. The van der Waals surface area contributed by atoms with E-state index in [1.807, 2.05) is 0 Å². The van der Waals surface area contributed by atoms with Crippen LogP contribution in [0.1, 0.15) is 73.1 Å². The van der Waals surface area contributed by atoms with Crippen molar-refractivity contribution in [3.63, 3.8) is 0 Å². The molecule has 0 aromatic heterocycles. The fraction of sp³-hybridized carbons (Fsp3) is 1.00. The summed E-state index contributed by atoms with van der Waals surface area (Å²) in [6.45, 7) is 12.0. The SMILES string of the molecule is CCCCC(C)P(CC)C(C)CCCC. The van der Waals surface area contributed by atoms with Crippen LogP contribution < -0.4 is 0 Å². The van der Waals surface area contributed by atoms with Gasteiger partial charge in [-0.2, -0.15) is 0 Å². The minimum absolute atomic E-state index is 0.296. The zero-order chi connectivity index (χ0) is 11.7. The summed E-state index contributed by atoms with van der Waals surface area (Å²) in [5, 5.41) is 0. The maximum Gasteiger partial charge on any atom is -0.0235 e. The smallest absolute Gasteiger partial charge is 0.0235 e. The molecule has 0 heterocycles. The molecule has 15 heavy (non-hydrogen) atoms. The van der Waals surface area contributed by atoms with Crippen LogP contribution in [-0.2, 0) is 0 Å². The predicted molar refractivity (Wildman–Crippen MR) is 75.4 cm³/mol. The second-order valence-electron chi connectivity index (χ2n) is 4.81. The second kappa shape index (κ2) is 9.64. The van der Waals surface area contributed by atoms with Crippen molar-refractivity contribution in [2.45, 2.75) is 84.5 Å². The summed E-state index contributed by atoms with van der Waals surface area (Å²) < 4.78 is 0. The molecule has 0 N–H and O–H groups in total. The predicted octanol–water partition coefficient (Wildman–Crippen LogP) is 5.65. The molecule has 2 unspecified atom stereocenters. The van der Waals surface area contributed by atoms with Crippen LogP contribution in [0.25, 0.3) is 0 Å². The van der Waals surface area contributed by atoms with Crippen molar-refractivity contribution in [2.24, 2.45) is 0 Å². The van der Waals surface area contributed by atoms with E-state index in [1.54, 1.807) is 0 Å². The number of hydrogen-bond acceptors (Lipinski definition) is 0. The molecule has 0 aliphatic carbocycles. The van der Waals surface area contributed by atoms with Gasteiger partial charge in [0.2, 0.25) is 0 Å².